The third-order valence-corrected chi connectivity index (χ3v) is 4.37. The molecule has 1 aliphatic rings. The van der Waals surface area contributed by atoms with Gasteiger partial charge in [-0.1, -0.05) is 13.3 Å². The van der Waals surface area contributed by atoms with Crippen molar-refractivity contribution in [3.63, 3.8) is 0 Å². The van der Waals surface area contributed by atoms with E-state index >= 15 is 0 Å². The highest BCUT2D eigenvalue weighted by molar-refractivity contribution is 7.99. The van der Waals surface area contributed by atoms with Crippen molar-refractivity contribution in [3.05, 3.63) is 0 Å². The maximum absolute atomic E-state index is 11.9. The summed E-state index contributed by atoms with van der Waals surface area (Å²) in [5.41, 5.74) is 0. The lowest BCUT2D eigenvalue weighted by atomic mass is 10.1. The van der Waals surface area contributed by atoms with Crippen molar-refractivity contribution in [1.29, 1.82) is 0 Å². The standard InChI is InChI=1S/C13H26N2OS/c1-4-6-10(2)14-13(16)11(3)15-12-7-5-8-17-9-12/h10-12,15H,4-9H2,1-3H3,(H,14,16). The lowest BCUT2D eigenvalue weighted by molar-refractivity contribution is -0.123. The van der Waals surface area contributed by atoms with Gasteiger partial charge in [-0.05, 0) is 38.9 Å². The van der Waals surface area contributed by atoms with Crippen molar-refractivity contribution in [2.24, 2.45) is 0 Å². The Hall–Kier alpha value is -0.220. The number of rotatable bonds is 6. The van der Waals surface area contributed by atoms with Gasteiger partial charge in [-0.3, -0.25) is 4.79 Å². The molecule has 1 heterocycles. The fourth-order valence-corrected chi connectivity index (χ4v) is 3.26. The Morgan fingerprint density at radius 2 is 2.24 bits per heavy atom. The molecule has 1 amide bonds. The highest BCUT2D eigenvalue weighted by Crippen LogP contribution is 2.17. The number of carbonyl (C=O) groups excluding carboxylic acids is 1. The van der Waals surface area contributed by atoms with Crippen molar-refractivity contribution in [1.82, 2.24) is 10.6 Å². The molecule has 3 unspecified atom stereocenters. The molecule has 0 saturated carbocycles. The van der Waals surface area contributed by atoms with Crippen molar-refractivity contribution >= 4 is 17.7 Å². The highest BCUT2D eigenvalue weighted by Gasteiger charge is 2.20. The highest BCUT2D eigenvalue weighted by atomic mass is 32.2. The van der Waals surface area contributed by atoms with Gasteiger partial charge in [0.1, 0.15) is 0 Å². The number of hydrogen-bond acceptors (Lipinski definition) is 3. The second-order valence-electron chi connectivity index (χ2n) is 5.00. The van der Waals surface area contributed by atoms with Crippen LogP contribution >= 0.6 is 11.8 Å². The van der Waals surface area contributed by atoms with Gasteiger partial charge in [0.05, 0.1) is 6.04 Å². The third-order valence-electron chi connectivity index (χ3n) is 3.15. The molecule has 0 aromatic heterocycles. The van der Waals surface area contributed by atoms with Crippen molar-refractivity contribution in [2.75, 3.05) is 11.5 Å². The fraction of sp³-hybridized carbons (Fsp3) is 0.923. The summed E-state index contributed by atoms with van der Waals surface area (Å²) < 4.78 is 0. The zero-order chi connectivity index (χ0) is 12.7. The van der Waals surface area contributed by atoms with Crippen molar-refractivity contribution < 1.29 is 4.79 Å². The molecule has 100 valence electrons. The Morgan fingerprint density at radius 1 is 1.47 bits per heavy atom. The van der Waals surface area contributed by atoms with E-state index < -0.39 is 0 Å². The molecule has 3 atom stereocenters. The Balaban J connectivity index is 2.25. The van der Waals surface area contributed by atoms with Crippen molar-refractivity contribution in [2.45, 2.75) is 64.6 Å². The minimum absolute atomic E-state index is 0.0713. The first-order chi connectivity index (χ1) is 8.13. The average Bonchev–Trinajstić information content (AvgIpc) is 2.30. The molecule has 1 fully saturated rings. The summed E-state index contributed by atoms with van der Waals surface area (Å²) in [4.78, 5) is 11.9. The SMILES string of the molecule is CCCC(C)NC(=O)C(C)NC1CCCSC1. The zero-order valence-electron chi connectivity index (χ0n) is 11.3. The predicted molar refractivity (Wildman–Crippen MR) is 75.5 cm³/mol. The second kappa shape index (κ2) is 7.98. The maximum Gasteiger partial charge on any atom is 0.237 e. The summed E-state index contributed by atoms with van der Waals surface area (Å²) in [7, 11) is 0. The van der Waals surface area contributed by atoms with Crippen LogP contribution in [0.2, 0.25) is 0 Å². The number of hydrogen-bond donors (Lipinski definition) is 2. The van der Waals surface area contributed by atoms with E-state index in [0.717, 1.165) is 18.6 Å². The Bertz CT molecular complexity index is 229. The van der Waals surface area contributed by atoms with Crippen molar-refractivity contribution in [3.8, 4) is 0 Å². The number of thioether (sulfide) groups is 1. The molecular weight excluding hydrogens is 232 g/mol. The molecule has 4 heteroatoms. The molecule has 3 nitrogen and oxygen atoms in total. The summed E-state index contributed by atoms with van der Waals surface area (Å²) in [6.45, 7) is 6.18. The van der Waals surface area contributed by atoms with E-state index in [1.807, 2.05) is 18.7 Å². The monoisotopic (exact) mass is 258 g/mol. The van der Waals surface area contributed by atoms with E-state index in [0.29, 0.717) is 6.04 Å². The number of nitrogens with one attached hydrogen (secondary N) is 2. The Labute approximate surface area is 109 Å². The van der Waals surface area contributed by atoms with E-state index in [1.54, 1.807) is 0 Å². The van der Waals surface area contributed by atoms with Gasteiger partial charge >= 0.3 is 0 Å². The van der Waals surface area contributed by atoms with Gasteiger partial charge in [-0.25, -0.2) is 0 Å². The van der Waals surface area contributed by atoms with Crippen LogP contribution in [0, 0.1) is 0 Å². The van der Waals surface area contributed by atoms with Crippen LogP contribution in [0.1, 0.15) is 46.5 Å². The summed E-state index contributed by atoms with van der Waals surface area (Å²) in [5, 5.41) is 6.50. The van der Waals surface area contributed by atoms with Crippen LogP contribution in [0.4, 0.5) is 0 Å². The molecule has 2 N–H and O–H groups in total. The Morgan fingerprint density at radius 3 is 2.82 bits per heavy atom. The summed E-state index contributed by atoms with van der Waals surface area (Å²) in [6, 6.07) is 0.728. The summed E-state index contributed by atoms with van der Waals surface area (Å²) >= 11 is 1.98. The molecule has 0 spiro atoms. The van der Waals surface area contributed by atoms with E-state index in [4.69, 9.17) is 0 Å². The fourth-order valence-electron chi connectivity index (χ4n) is 2.17. The van der Waals surface area contributed by atoms with E-state index in [1.165, 1.54) is 18.6 Å². The van der Waals surface area contributed by atoms with Gasteiger partial charge in [0.2, 0.25) is 5.91 Å². The molecule has 1 rings (SSSR count). The molecular formula is C13H26N2OS. The van der Waals surface area contributed by atoms with Crippen LogP contribution < -0.4 is 10.6 Å². The first-order valence-corrected chi connectivity index (χ1v) is 7.93. The smallest absolute Gasteiger partial charge is 0.237 e. The lowest BCUT2D eigenvalue weighted by Gasteiger charge is -2.26. The molecule has 0 aromatic carbocycles. The second-order valence-corrected chi connectivity index (χ2v) is 6.15. The van der Waals surface area contributed by atoms with Crippen LogP contribution in [0.3, 0.4) is 0 Å². The molecule has 1 saturated heterocycles. The minimum Gasteiger partial charge on any atom is -0.352 e. The van der Waals surface area contributed by atoms with E-state index in [-0.39, 0.29) is 18.0 Å². The molecule has 17 heavy (non-hydrogen) atoms. The lowest BCUT2D eigenvalue weighted by Crippen LogP contribution is -2.50. The van der Waals surface area contributed by atoms with Gasteiger partial charge in [0.25, 0.3) is 0 Å². The molecule has 0 bridgehead atoms. The molecule has 0 radical (unpaired) electrons. The van der Waals surface area contributed by atoms with E-state index in [2.05, 4.69) is 24.5 Å². The first kappa shape index (κ1) is 14.8. The first-order valence-electron chi connectivity index (χ1n) is 6.77. The summed E-state index contributed by atoms with van der Waals surface area (Å²) in [5.74, 6) is 2.55. The van der Waals surface area contributed by atoms with E-state index in [9.17, 15) is 4.79 Å². The van der Waals surface area contributed by atoms with Gasteiger partial charge in [0, 0.05) is 17.8 Å². The van der Waals surface area contributed by atoms with Gasteiger partial charge in [0.15, 0.2) is 0 Å². The van der Waals surface area contributed by atoms with Gasteiger partial charge in [-0.2, -0.15) is 11.8 Å². The normalized spacial score (nSPS) is 24.1. The molecule has 0 aromatic rings. The van der Waals surface area contributed by atoms with Crippen LogP contribution in [-0.4, -0.2) is 35.5 Å². The molecule has 1 aliphatic heterocycles. The Kier molecular flexibility index (Phi) is 6.97. The minimum atomic E-state index is -0.0713. The van der Waals surface area contributed by atoms with Crippen LogP contribution in [0.15, 0.2) is 0 Å². The van der Waals surface area contributed by atoms with Crippen LogP contribution in [0.5, 0.6) is 0 Å². The zero-order valence-corrected chi connectivity index (χ0v) is 12.1. The quantitative estimate of drug-likeness (QED) is 0.767. The maximum atomic E-state index is 11.9. The average molecular weight is 258 g/mol. The largest absolute Gasteiger partial charge is 0.352 e. The molecule has 0 aliphatic carbocycles. The predicted octanol–water partition coefficient (Wildman–Crippen LogP) is 2.16. The third kappa shape index (κ3) is 5.77. The number of amides is 1. The van der Waals surface area contributed by atoms with Gasteiger partial charge in [-0.15, -0.1) is 0 Å². The van der Waals surface area contributed by atoms with Crippen LogP contribution in [0.25, 0.3) is 0 Å². The number of carbonyl (C=O) groups is 1. The topological polar surface area (TPSA) is 41.1 Å². The summed E-state index contributed by atoms with van der Waals surface area (Å²) in [6.07, 6.45) is 4.64. The van der Waals surface area contributed by atoms with Crippen LogP contribution in [-0.2, 0) is 4.79 Å². The van der Waals surface area contributed by atoms with Gasteiger partial charge < -0.3 is 10.6 Å².